The molecule has 0 bridgehead atoms. The summed E-state index contributed by atoms with van der Waals surface area (Å²) in [5.41, 5.74) is 3.13. The first-order valence-electron chi connectivity index (χ1n) is 10.8. The van der Waals surface area contributed by atoms with Gasteiger partial charge in [-0.2, -0.15) is 0 Å². The minimum atomic E-state index is -3.34. The van der Waals surface area contributed by atoms with Gasteiger partial charge in [-0.3, -0.25) is 0 Å². The molecule has 0 saturated heterocycles. The van der Waals surface area contributed by atoms with Crippen LogP contribution in [0.1, 0.15) is 13.3 Å². The Morgan fingerprint density at radius 2 is 1.94 bits per heavy atom. The Kier molecular flexibility index (Phi) is 5.97. The van der Waals surface area contributed by atoms with Crippen LogP contribution in [0.25, 0.3) is 33.1 Å². The second-order valence-corrected chi connectivity index (χ2v) is 10.6. The number of H-pyrrole nitrogens is 1. The highest BCUT2D eigenvalue weighted by atomic mass is 35.5. The Labute approximate surface area is 201 Å². The van der Waals surface area contributed by atoms with E-state index in [9.17, 15) is 8.42 Å². The first-order valence-corrected chi connectivity index (χ1v) is 12.9. The molecule has 5 aromatic rings. The minimum Gasteiger partial charge on any atom is -0.491 e. The van der Waals surface area contributed by atoms with Crippen molar-refractivity contribution in [1.82, 2.24) is 24.7 Å². The Balaban J connectivity index is 1.58. The zero-order valence-corrected chi connectivity index (χ0v) is 20.0. The van der Waals surface area contributed by atoms with E-state index in [0.717, 1.165) is 40.4 Å². The van der Waals surface area contributed by atoms with Crippen molar-refractivity contribution >= 4 is 43.4 Å². The maximum atomic E-state index is 12.5. The van der Waals surface area contributed by atoms with E-state index in [2.05, 4.69) is 20.2 Å². The molecule has 2 aromatic carbocycles. The van der Waals surface area contributed by atoms with Crippen molar-refractivity contribution in [1.29, 1.82) is 0 Å². The van der Waals surface area contributed by atoms with Crippen molar-refractivity contribution in [2.75, 3.05) is 12.4 Å². The number of benzene rings is 2. The van der Waals surface area contributed by atoms with Gasteiger partial charge in [-0.05, 0) is 47.9 Å². The maximum absolute atomic E-state index is 12.5. The SMILES string of the molecule is CCS(=O)(=O)c1cccc(-c2ccc(OCCCn3cnnc3)c3[nH]c4ncc(Cl)cc4c23)c1. The number of hydrogen-bond acceptors (Lipinski definition) is 6. The summed E-state index contributed by atoms with van der Waals surface area (Å²) in [5.74, 6) is 0.731. The lowest BCUT2D eigenvalue weighted by molar-refractivity contribution is 0.304. The molecule has 0 spiro atoms. The largest absolute Gasteiger partial charge is 0.491 e. The van der Waals surface area contributed by atoms with Crippen LogP contribution in [-0.4, -0.2) is 45.5 Å². The lowest BCUT2D eigenvalue weighted by atomic mass is 9.99. The van der Waals surface area contributed by atoms with Crippen molar-refractivity contribution in [3.8, 4) is 16.9 Å². The molecule has 0 radical (unpaired) electrons. The average molecular weight is 496 g/mol. The van der Waals surface area contributed by atoms with Crippen LogP contribution < -0.4 is 4.74 Å². The molecule has 0 unspecified atom stereocenters. The highest BCUT2D eigenvalue weighted by Crippen LogP contribution is 2.40. The third-order valence-corrected chi connectivity index (χ3v) is 7.64. The highest BCUT2D eigenvalue weighted by molar-refractivity contribution is 7.91. The van der Waals surface area contributed by atoms with Crippen LogP contribution in [0.15, 0.2) is 66.2 Å². The van der Waals surface area contributed by atoms with Gasteiger partial charge in [0.2, 0.25) is 0 Å². The van der Waals surface area contributed by atoms with E-state index < -0.39 is 9.84 Å². The summed E-state index contributed by atoms with van der Waals surface area (Å²) in [6.07, 6.45) is 5.72. The van der Waals surface area contributed by atoms with Crippen LogP contribution >= 0.6 is 11.6 Å². The Morgan fingerprint density at radius 1 is 1.12 bits per heavy atom. The molecule has 0 aliphatic heterocycles. The average Bonchev–Trinajstić information content (AvgIpc) is 3.50. The zero-order chi connectivity index (χ0) is 23.7. The maximum Gasteiger partial charge on any atom is 0.178 e. The van der Waals surface area contributed by atoms with Gasteiger partial charge in [-0.25, -0.2) is 13.4 Å². The van der Waals surface area contributed by atoms with Gasteiger partial charge in [0.05, 0.1) is 27.8 Å². The standard InChI is InChI=1S/C24H22ClN5O3S/c1-2-34(31,32)18-6-3-5-16(11-18)19-7-8-21(33-10-4-9-30-14-27-28-15-30)23-22(19)20-12-17(25)13-26-24(20)29-23/h3,5-8,11-15H,2,4,9-10H2,1H3,(H,26,29). The molecule has 0 saturated carbocycles. The van der Waals surface area contributed by atoms with E-state index in [1.807, 2.05) is 28.8 Å². The Hall–Kier alpha value is -3.43. The number of hydrogen-bond donors (Lipinski definition) is 1. The lowest BCUT2D eigenvalue weighted by Crippen LogP contribution is -2.04. The molecule has 1 N–H and O–H groups in total. The third-order valence-electron chi connectivity index (χ3n) is 5.70. The van der Waals surface area contributed by atoms with Gasteiger partial charge >= 0.3 is 0 Å². The number of sulfone groups is 1. The summed E-state index contributed by atoms with van der Waals surface area (Å²) in [7, 11) is -3.34. The summed E-state index contributed by atoms with van der Waals surface area (Å²) in [4.78, 5) is 8.09. The first kappa shape index (κ1) is 22.4. The summed E-state index contributed by atoms with van der Waals surface area (Å²) < 4.78 is 33.0. The van der Waals surface area contributed by atoms with Gasteiger partial charge in [0, 0.05) is 23.5 Å². The van der Waals surface area contributed by atoms with Crippen LogP contribution in [0.2, 0.25) is 5.02 Å². The number of aromatic nitrogens is 5. The van der Waals surface area contributed by atoms with Crippen LogP contribution in [0.3, 0.4) is 0 Å². The molecule has 3 aromatic heterocycles. The molecule has 5 rings (SSSR count). The molecule has 10 heteroatoms. The van der Waals surface area contributed by atoms with Gasteiger partial charge in [-0.15, -0.1) is 10.2 Å². The molecule has 0 fully saturated rings. The smallest absolute Gasteiger partial charge is 0.178 e. The monoisotopic (exact) mass is 495 g/mol. The number of nitrogens with one attached hydrogen (secondary N) is 1. The van der Waals surface area contributed by atoms with Crippen molar-refractivity contribution in [3.05, 3.63) is 66.3 Å². The van der Waals surface area contributed by atoms with Gasteiger partial charge < -0.3 is 14.3 Å². The topological polar surface area (TPSA) is 103 Å². The second kappa shape index (κ2) is 9.08. The number of aryl methyl sites for hydroxylation is 1. The van der Waals surface area contributed by atoms with Crippen LogP contribution in [0.4, 0.5) is 0 Å². The van der Waals surface area contributed by atoms with Crippen LogP contribution in [0, 0.1) is 0 Å². The van der Waals surface area contributed by atoms with Gasteiger partial charge in [0.15, 0.2) is 9.84 Å². The molecule has 0 atom stereocenters. The summed E-state index contributed by atoms with van der Waals surface area (Å²) >= 11 is 6.27. The predicted octanol–water partition coefficient (Wildman–Crippen LogP) is 4.89. The van der Waals surface area contributed by atoms with E-state index in [1.54, 1.807) is 44.0 Å². The number of rotatable bonds is 8. The summed E-state index contributed by atoms with van der Waals surface area (Å²) in [6, 6.07) is 12.7. The normalized spacial score (nSPS) is 11.9. The molecule has 0 amide bonds. The summed E-state index contributed by atoms with van der Waals surface area (Å²) in [5, 5.41) is 9.86. The highest BCUT2D eigenvalue weighted by Gasteiger charge is 2.18. The van der Waals surface area contributed by atoms with Gasteiger partial charge in [0.1, 0.15) is 24.1 Å². The Morgan fingerprint density at radius 3 is 2.74 bits per heavy atom. The molecule has 8 nitrogen and oxygen atoms in total. The van der Waals surface area contributed by atoms with Crippen molar-refractivity contribution in [2.24, 2.45) is 0 Å². The number of fused-ring (bicyclic) bond motifs is 3. The fourth-order valence-electron chi connectivity index (χ4n) is 3.99. The van der Waals surface area contributed by atoms with Crippen molar-refractivity contribution in [2.45, 2.75) is 24.8 Å². The number of ether oxygens (including phenoxy) is 1. The van der Waals surface area contributed by atoms with Crippen molar-refractivity contribution in [3.63, 3.8) is 0 Å². The molecule has 34 heavy (non-hydrogen) atoms. The second-order valence-electron chi connectivity index (χ2n) is 7.87. The van der Waals surface area contributed by atoms with E-state index in [4.69, 9.17) is 16.3 Å². The van der Waals surface area contributed by atoms with Gasteiger partial charge in [0.25, 0.3) is 0 Å². The molecule has 0 aliphatic rings. The third kappa shape index (κ3) is 4.24. The number of aromatic amines is 1. The lowest BCUT2D eigenvalue weighted by Gasteiger charge is -2.12. The van der Waals surface area contributed by atoms with E-state index >= 15 is 0 Å². The number of nitrogens with zero attached hydrogens (tertiary/aromatic N) is 4. The van der Waals surface area contributed by atoms with E-state index in [-0.39, 0.29) is 5.75 Å². The van der Waals surface area contributed by atoms with E-state index in [0.29, 0.717) is 27.9 Å². The zero-order valence-electron chi connectivity index (χ0n) is 18.4. The molecular weight excluding hydrogens is 474 g/mol. The predicted molar refractivity (Wildman–Crippen MR) is 132 cm³/mol. The fraction of sp³-hybridized carbons (Fsp3) is 0.208. The minimum absolute atomic E-state index is 0.0421. The van der Waals surface area contributed by atoms with Crippen molar-refractivity contribution < 1.29 is 13.2 Å². The number of pyridine rings is 1. The molecular formula is C24H22ClN5O3S. The first-order chi connectivity index (χ1) is 16.5. The number of halogens is 1. The Bertz CT molecular complexity index is 1580. The fourth-order valence-corrected chi connectivity index (χ4v) is 5.07. The summed E-state index contributed by atoms with van der Waals surface area (Å²) in [6.45, 7) is 2.89. The van der Waals surface area contributed by atoms with Gasteiger partial charge in [-0.1, -0.05) is 30.7 Å². The molecule has 0 aliphatic carbocycles. The van der Waals surface area contributed by atoms with Crippen LogP contribution in [-0.2, 0) is 16.4 Å². The quantitative estimate of drug-likeness (QED) is 0.307. The molecule has 3 heterocycles. The van der Waals surface area contributed by atoms with Crippen LogP contribution in [0.5, 0.6) is 5.75 Å². The van der Waals surface area contributed by atoms with E-state index in [1.165, 1.54) is 0 Å². The molecule has 174 valence electrons.